The lowest BCUT2D eigenvalue weighted by Gasteiger charge is -2.34. The third kappa shape index (κ3) is 7.27. The van der Waals surface area contributed by atoms with Gasteiger partial charge in [0.1, 0.15) is 5.78 Å². The summed E-state index contributed by atoms with van der Waals surface area (Å²) in [6.07, 6.45) is 6.20. The highest BCUT2D eigenvalue weighted by molar-refractivity contribution is 6.31. The van der Waals surface area contributed by atoms with Gasteiger partial charge in [0.15, 0.2) is 10.9 Å². The summed E-state index contributed by atoms with van der Waals surface area (Å²) in [6.45, 7) is 0.289. The Balaban J connectivity index is 1.26. The molecule has 11 heteroatoms. The van der Waals surface area contributed by atoms with Gasteiger partial charge in [-0.05, 0) is 78.3 Å². The predicted octanol–water partition coefficient (Wildman–Crippen LogP) is 5.83. The minimum absolute atomic E-state index is 0.0321. The standard InChI is InChI=1S/C35H30Cl2N4O5/c36-27-11-12-29(41-20-33(37)38-39-41)28(19-27)26-13-14-40(34(44)18-26)30(32(43)17-23-5-7-25(8-6-23)35(45)46)15-21-1-3-22(4-2-21)16-31(42)24-9-10-24/h1-8,11-12,18-20,24,30H,9-10,13-17H2,(H,45,46)/t30-/m0/s1. The number of hydrogen-bond donors (Lipinski definition) is 1. The van der Waals surface area contributed by atoms with Crippen LogP contribution in [0.2, 0.25) is 10.2 Å². The second-order valence-electron chi connectivity index (χ2n) is 11.7. The second kappa shape index (κ2) is 13.4. The van der Waals surface area contributed by atoms with Crippen molar-refractivity contribution in [3.63, 3.8) is 0 Å². The molecule has 0 saturated heterocycles. The molecule has 1 fully saturated rings. The Bertz CT molecular complexity index is 1850. The molecular weight excluding hydrogens is 627 g/mol. The van der Waals surface area contributed by atoms with Gasteiger partial charge < -0.3 is 10.0 Å². The van der Waals surface area contributed by atoms with Crippen molar-refractivity contribution in [1.29, 1.82) is 0 Å². The van der Waals surface area contributed by atoms with E-state index in [4.69, 9.17) is 23.2 Å². The number of rotatable bonds is 12. The lowest BCUT2D eigenvalue weighted by molar-refractivity contribution is -0.136. The molecule has 1 saturated carbocycles. The van der Waals surface area contributed by atoms with E-state index in [-0.39, 0.29) is 53.5 Å². The van der Waals surface area contributed by atoms with Gasteiger partial charge in [-0.1, -0.05) is 64.8 Å². The summed E-state index contributed by atoms with van der Waals surface area (Å²) in [4.78, 5) is 52.9. The molecular formula is C35H30Cl2N4O5. The number of Topliss-reactive ketones (excluding diaryl/α,β-unsaturated/α-hetero) is 2. The molecule has 234 valence electrons. The SMILES string of the molecule is O=C(O)c1ccc(CC(=O)[C@H](Cc2ccc(CC(=O)C3CC3)cc2)N2CCC(c3cc(Cl)ccc3-n3cc(Cl)nn3)=CC2=O)cc1. The topological polar surface area (TPSA) is 122 Å². The summed E-state index contributed by atoms with van der Waals surface area (Å²) in [6, 6.07) is 18.3. The van der Waals surface area contributed by atoms with Gasteiger partial charge >= 0.3 is 5.97 Å². The van der Waals surface area contributed by atoms with Crippen LogP contribution >= 0.6 is 23.2 Å². The van der Waals surface area contributed by atoms with Crippen molar-refractivity contribution in [2.75, 3.05) is 6.54 Å². The molecule has 1 amide bonds. The second-order valence-corrected chi connectivity index (χ2v) is 12.5. The third-order valence-electron chi connectivity index (χ3n) is 8.41. The predicted molar refractivity (Wildman–Crippen MR) is 173 cm³/mol. The van der Waals surface area contributed by atoms with E-state index in [1.165, 1.54) is 22.9 Å². The average Bonchev–Trinajstić information content (AvgIpc) is 3.81. The van der Waals surface area contributed by atoms with Crippen molar-refractivity contribution < 1.29 is 24.3 Å². The normalized spacial score (nSPS) is 15.4. The quantitative estimate of drug-likeness (QED) is 0.203. The highest BCUT2D eigenvalue weighted by atomic mass is 35.5. The summed E-state index contributed by atoms with van der Waals surface area (Å²) in [5, 5.41) is 17.9. The van der Waals surface area contributed by atoms with Gasteiger partial charge in [0.2, 0.25) is 5.91 Å². The van der Waals surface area contributed by atoms with E-state index in [2.05, 4.69) is 10.3 Å². The minimum atomic E-state index is -1.05. The number of nitrogens with zero attached hydrogens (tertiary/aromatic N) is 4. The Kier molecular flexibility index (Phi) is 9.15. The Morgan fingerprint density at radius 2 is 1.59 bits per heavy atom. The highest BCUT2D eigenvalue weighted by Crippen LogP contribution is 2.33. The number of amides is 1. The molecule has 0 bridgehead atoms. The van der Waals surface area contributed by atoms with Crippen molar-refractivity contribution in [1.82, 2.24) is 19.9 Å². The maximum atomic E-state index is 13.9. The number of carboxylic acids is 1. The molecule has 4 aromatic rings. The van der Waals surface area contributed by atoms with Crippen LogP contribution in [0.15, 0.2) is 79.0 Å². The van der Waals surface area contributed by atoms with Gasteiger partial charge in [-0.3, -0.25) is 14.4 Å². The molecule has 1 aromatic heterocycles. The van der Waals surface area contributed by atoms with Crippen LogP contribution in [0.25, 0.3) is 11.3 Å². The monoisotopic (exact) mass is 656 g/mol. The van der Waals surface area contributed by atoms with Crippen LogP contribution in [-0.2, 0) is 33.6 Å². The van der Waals surface area contributed by atoms with Crippen LogP contribution in [-0.4, -0.2) is 61.0 Å². The number of hydrogen-bond acceptors (Lipinski definition) is 6. The third-order valence-corrected chi connectivity index (χ3v) is 8.82. The lowest BCUT2D eigenvalue weighted by atomic mass is 9.92. The van der Waals surface area contributed by atoms with E-state index >= 15 is 0 Å². The van der Waals surface area contributed by atoms with Gasteiger partial charge in [-0.25, -0.2) is 9.48 Å². The summed E-state index contributed by atoms with van der Waals surface area (Å²) in [5.74, 6) is -1.08. The molecule has 0 unspecified atom stereocenters. The molecule has 9 nitrogen and oxygen atoms in total. The largest absolute Gasteiger partial charge is 0.478 e. The fourth-order valence-electron chi connectivity index (χ4n) is 5.75. The first-order chi connectivity index (χ1) is 22.1. The molecule has 3 aromatic carbocycles. The number of aromatic nitrogens is 3. The number of carboxylic acid groups (broad SMARTS) is 1. The zero-order valence-corrected chi connectivity index (χ0v) is 26.2. The molecule has 6 rings (SSSR count). The zero-order chi connectivity index (χ0) is 32.4. The summed E-state index contributed by atoms with van der Waals surface area (Å²) >= 11 is 12.4. The van der Waals surface area contributed by atoms with E-state index < -0.39 is 12.0 Å². The molecule has 1 aliphatic heterocycles. The maximum Gasteiger partial charge on any atom is 0.335 e. The molecule has 0 radical (unpaired) electrons. The Hall–Kier alpha value is -4.60. The number of halogens is 2. The van der Waals surface area contributed by atoms with Crippen LogP contribution in [0.5, 0.6) is 0 Å². The number of ketones is 2. The van der Waals surface area contributed by atoms with Gasteiger partial charge in [0, 0.05) is 42.0 Å². The Morgan fingerprint density at radius 3 is 2.22 bits per heavy atom. The van der Waals surface area contributed by atoms with E-state index in [0.29, 0.717) is 34.7 Å². The molecule has 0 spiro atoms. The fourth-order valence-corrected chi connectivity index (χ4v) is 6.05. The van der Waals surface area contributed by atoms with Gasteiger partial charge in [-0.2, -0.15) is 0 Å². The molecule has 1 N–H and O–H groups in total. The first kappa shape index (κ1) is 31.4. The first-order valence-electron chi connectivity index (χ1n) is 15.0. The maximum absolute atomic E-state index is 13.9. The number of carbonyl (C=O) groups is 4. The van der Waals surface area contributed by atoms with Crippen molar-refractivity contribution >= 4 is 52.2 Å². The van der Waals surface area contributed by atoms with Crippen LogP contribution < -0.4 is 0 Å². The first-order valence-corrected chi connectivity index (χ1v) is 15.7. The van der Waals surface area contributed by atoms with E-state index in [1.807, 2.05) is 24.3 Å². The smallest absolute Gasteiger partial charge is 0.335 e. The van der Waals surface area contributed by atoms with Crippen molar-refractivity contribution in [3.05, 3.63) is 117 Å². The van der Waals surface area contributed by atoms with E-state index in [9.17, 15) is 24.3 Å². The number of benzene rings is 3. The van der Waals surface area contributed by atoms with Crippen molar-refractivity contribution in [3.8, 4) is 5.69 Å². The van der Waals surface area contributed by atoms with Gasteiger partial charge in [-0.15, -0.1) is 5.10 Å². The fraction of sp³-hybridized carbons (Fsp3) is 0.257. The zero-order valence-electron chi connectivity index (χ0n) is 24.7. The van der Waals surface area contributed by atoms with Crippen molar-refractivity contribution in [2.45, 2.75) is 44.6 Å². The summed E-state index contributed by atoms with van der Waals surface area (Å²) in [5.41, 5.74) is 4.69. The van der Waals surface area contributed by atoms with E-state index in [0.717, 1.165) is 29.5 Å². The van der Waals surface area contributed by atoms with Crippen LogP contribution in [0.1, 0.15) is 51.9 Å². The molecule has 46 heavy (non-hydrogen) atoms. The Morgan fingerprint density at radius 1 is 0.913 bits per heavy atom. The summed E-state index contributed by atoms with van der Waals surface area (Å²) < 4.78 is 1.52. The van der Waals surface area contributed by atoms with Crippen LogP contribution in [0.3, 0.4) is 0 Å². The van der Waals surface area contributed by atoms with Gasteiger partial charge in [0.05, 0.1) is 23.5 Å². The molecule has 2 aliphatic rings. The minimum Gasteiger partial charge on any atom is -0.478 e. The van der Waals surface area contributed by atoms with Gasteiger partial charge in [0.25, 0.3) is 0 Å². The number of carbonyl (C=O) groups excluding carboxylic acids is 3. The lowest BCUT2D eigenvalue weighted by Crippen LogP contribution is -2.48. The Labute approximate surface area is 275 Å². The molecule has 1 aliphatic carbocycles. The van der Waals surface area contributed by atoms with Crippen molar-refractivity contribution in [2.24, 2.45) is 5.92 Å². The molecule has 2 heterocycles. The molecule has 1 atom stereocenters. The highest BCUT2D eigenvalue weighted by Gasteiger charge is 2.33. The van der Waals surface area contributed by atoms with Crippen LogP contribution in [0.4, 0.5) is 0 Å². The van der Waals surface area contributed by atoms with Crippen LogP contribution in [0, 0.1) is 5.92 Å². The van der Waals surface area contributed by atoms with E-state index in [1.54, 1.807) is 41.4 Å². The number of aromatic carboxylic acids is 1. The summed E-state index contributed by atoms with van der Waals surface area (Å²) in [7, 11) is 0. The average molecular weight is 658 g/mol.